The van der Waals surface area contributed by atoms with E-state index < -0.39 is 0 Å². The molecule has 0 saturated heterocycles. The summed E-state index contributed by atoms with van der Waals surface area (Å²) < 4.78 is 4.62. The Balaban J connectivity index is 3.63. The topological polar surface area (TPSA) is 26.3 Å². The maximum atomic E-state index is 11.0. The Morgan fingerprint density at radius 3 is 2.32 bits per heavy atom. The lowest BCUT2D eigenvalue weighted by Gasteiger charge is -2.12. The number of carbonyl (C=O) groups excluding carboxylic acids is 1. The molecule has 0 bridgehead atoms. The zero-order chi connectivity index (χ0) is 14.7. The Morgan fingerprint density at radius 1 is 1.11 bits per heavy atom. The molecular weight excluding hydrogens is 236 g/mol. The van der Waals surface area contributed by atoms with Crippen molar-refractivity contribution in [2.75, 3.05) is 7.11 Å². The maximum absolute atomic E-state index is 11.0. The number of hydrogen-bond donors (Lipinski definition) is 0. The van der Waals surface area contributed by atoms with Crippen LogP contribution in [-0.2, 0) is 9.53 Å². The zero-order valence-corrected chi connectivity index (χ0v) is 13.5. The molecule has 2 nitrogen and oxygen atoms in total. The van der Waals surface area contributed by atoms with Gasteiger partial charge in [0.05, 0.1) is 13.5 Å². The summed E-state index contributed by atoms with van der Waals surface area (Å²) in [6, 6.07) is 0. The third kappa shape index (κ3) is 12.0. The molecule has 0 aromatic rings. The maximum Gasteiger partial charge on any atom is 0.309 e. The van der Waals surface area contributed by atoms with Gasteiger partial charge in [-0.2, -0.15) is 0 Å². The molecule has 1 atom stereocenters. The summed E-state index contributed by atoms with van der Waals surface area (Å²) in [5, 5.41) is 0. The molecule has 0 N–H and O–H groups in total. The minimum atomic E-state index is -0.151. The van der Waals surface area contributed by atoms with Gasteiger partial charge in [-0.05, 0) is 31.6 Å². The van der Waals surface area contributed by atoms with Crippen LogP contribution in [0.15, 0.2) is 11.6 Å². The van der Waals surface area contributed by atoms with E-state index in [1.807, 2.05) is 6.08 Å². The van der Waals surface area contributed by atoms with Gasteiger partial charge in [0.2, 0.25) is 0 Å². The molecule has 0 fully saturated rings. The number of rotatable bonds is 10. The van der Waals surface area contributed by atoms with Gasteiger partial charge in [0.1, 0.15) is 0 Å². The fourth-order valence-electron chi connectivity index (χ4n) is 2.19. The largest absolute Gasteiger partial charge is 0.469 e. The van der Waals surface area contributed by atoms with Crippen LogP contribution in [0.1, 0.15) is 72.6 Å². The fourth-order valence-corrected chi connectivity index (χ4v) is 2.19. The second-order valence-corrected chi connectivity index (χ2v) is 6.15. The minimum absolute atomic E-state index is 0.151. The predicted molar refractivity (Wildman–Crippen MR) is 82.1 cm³/mol. The normalized spacial score (nSPS) is 13.7. The summed E-state index contributed by atoms with van der Waals surface area (Å²) in [6.45, 7) is 9.04. The number of allylic oxidation sites excluding steroid dienone is 1. The van der Waals surface area contributed by atoms with Crippen LogP contribution in [0.4, 0.5) is 0 Å². The summed E-state index contributed by atoms with van der Waals surface area (Å²) >= 11 is 0. The highest BCUT2D eigenvalue weighted by Gasteiger charge is 2.04. The van der Waals surface area contributed by atoms with E-state index in [0.717, 1.165) is 18.3 Å². The van der Waals surface area contributed by atoms with Gasteiger partial charge in [-0.1, -0.05) is 58.1 Å². The molecule has 0 radical (unpaired) electrons. The molecule has 19 heavy (non-hydrogen) atoms. The van der Waals surface area contributed by atoms with E-state index in [9.17, 15) is 4.79 Å². The van der Waals surface area contributed by atoms with E-state index in [-0.39, 0.29) is 5.97 Å². The van der Waals surface area contributed by atoms with Crippen LogP contribution in [0.2, 0.25) is 0 Å². The highest BCUT2D eigenvalue weighted by Crippen LogP contribution is 2.19. The average molecular weight is 268 g/mol. The standard InChI is InChI=1S/C17H32O2/c1-14(2)8-6-9-15(3)10-7-11-16(4)12-13-17(18)19-5/h12,14-15H,6-11,13H2,1-5H3. The van der Waals surface area contributed by atoms with Crippen molar-refractivity contribution < 1.29 is 9.53 Å². The molecule has 0 aromatic heterocycles. The molecule has 0 aromatic carbocycles. The van der Waals surface area contributed by atoms with Crippen molar-refractivity contribution >= 4 is 5.97 Å². The SMILES string of the molecule is COC(=O)CC=C(C)CCCC(C)CCCC(C)C. The monoisotopic (exact) mass is 268 g/mol. The van der Waals surface area contributed by atoms with Gasteiger partial charge < -0.3 is 4.74 Å². The second-order valence-electron chi connectivity index (χ2n) is 6.15. The first-order chi connectivity index (χ1) is 8.95. The van der Waals surface area contributed by atoms with Crippen molar-refractivity contribution in [2.24, 2.45) is 11.8 Å². The van der Waals surface area contributed by atoms with Gasteiger partial charge in [-0.25, -0.2) is 0 Å². The fraction of sp³-hybridized carbons (Fsp3) is 0.824. The molecule has 0 aliphatic carbocycles. The van der Waals surface area contributed by atoms with E-state index in [1.165, 1.54) is 44.8 Å². The predicted octanol–water partition coefficient (Wildman–Crippen LogP) is 5.13. The Kier molecular flexibility index (Phi) is 10.6. The smallest absolute Gasteiger partial charge is 0.309 e. The van der Waals surface area contributed by atoms with Crippen LogP contribution >= 0.6 is 0 Å². The van der Waals surface area contributed by atoms with Gasteiger partial charge in [0.25, 0.3) is 0 Å². The molecule has 2 heteroatoms. The molecule has 1 unspecified atom stereocenters. The first-order valence-corrected chi connectivity index (χ1v) is 7.68. The number of ether oxygens (including phenoxy) is 1. The van der Waals surface area contributed by atoms with E-state index in [4.69, 9.17) is 0 Å². The number of methoxy groups -OCH3 is 1. The van der Waals surface area contributed by atoms with Crippen molar-refractivity contribution in [3.63, 3.8) is 0 Å². The Hall–Kier alpha value is -0.790. The number of esters is 1. The molecule has 0 heterocycles. The molecule has 0 spiro atoms. The second kappa shape index (κ2) is 11.1. The van der Waals surface area contributed by atoms with Crippen LogP contribution in [0, 0.1) is 11.8 Å². The van der Waals surface area contributed by atoms with Crippen LogP contribution in [0.3, 0.4) is 0 Å². The van der Waals surface area contributed by atoms with E-state index >= 15 is 0 Å². The summed E-state index contributed by atoms with van der Waals surface area (Å²) in [4.78, 5) is 11.0. The van der Waals surface area contributed by atoms with E-state index in [0.29, 0.717) is 6.42 Å². The van der Waals surface area contributed by atoms with E-state index in [2.05, 4.69) is 32.4 Å². The third-order valence-corrected chi connectivity index (χ3v) is 3.59. The molecule has 112 valence electrons. The van der Waals surface area contributed by atoms with Crippen molar-refractivity contribution in [3.8, 4) is 0 Å². The Morgan fingerprint density at radius 2 is 1.74 bits per heavy atom. The highest BCUT2D eigenvalue weighted by atomic mass is 16.5. The lowest BCUT2D eigenvalue weighted by atomic mass is 9.94. The highest BCUT2D eigenvalue weighted by molar-refractivity contribution is 5.71. The first kappa shape index (κ1) is 18.2. The molecular formula is C17H32O2. The molecule has 0 amide bonds. The molecule has 0 aliphatic rings. The summed E-state index contributed by atoms with van der Waals surface area (Å²) in [6.07, 6.45) is 10.1. The first-order valence-electron chi connectivity index (χ1n) is 7.68. The van der Waals surface area contributed by atoms with Crippen molar-refractivity contribution in [1.29, 1.82) is 0 Å². The van der Waals surface area contributed by atoms with Gasteiger partial charge in [0, 0.05) is 0 Å². The number of hydrogen-bond acceptors (Lipinski definition) is 2. The van der Waals surface area contributed by atoms with Gasteiger partial charge in [0.15, 0.2) is 0 Å². The van der Waals surface area contributed by atoms with Gasteiger partial charge >= 0.3 is 5.97 Å². The average Bonchev–Trinajstić information content (AvgIpc) is 2.35. The summed E-state index contributed by atoms with van der Waals surface area (Å²) in [7, 11) is 1.43. The van der Waals surface area contributed by atoms with Crippen LogP contribution in [-0.4, -0.2) is 13.1 Å². The van der Waals surface area contributed by atoms with Crippen LogP contribution in [0.5, 0.6) is 0 Å². The van der Waals surface area contributed by atoms with Crippen molar-refractivity contribution in [3.05, 3.63) is 11.6 Å². The van der Waals surface area contributed by atoms with Crippen LogP contribution in [0.25, 0.3) is 0 Å². The Labute approximate surface area is 119 Å². The lowest BCUT2D eigenvalue weighted by Crippen LogP contribution is -1.98. The molecule has 0 aliphatic heterocycles. The van der Waals surface area contributed by atoms with Gasteiger partial charge in [-0.15, -0.1) is 0 Å². The number of carbonyl (C=O) groups is 1. The Bertz CT molecular complexity index is 266. The quantitative estimate of drug-likeness (QED) is 0.405. The zero-order valence-electron chi connectivity index (χ0n) is 13.5. The van der Waals surface area contributed by atoms with Crippen molar-refractivity contribution in [2.45, 2.75) is 72.6 Å². The van der Waals surface area contributed by atoms with Gasteiger partial charge in [-0.3, -0.25) is 4.79 Å². The molecule has 0 saturated carbocycles. The van der Waals surface area contributed by atoms with E-state index in [1.54, 1.807) is 0 Å². The minimum Gasteiger partial charge on any atom is -0.469 e. The summed E-state index contributed by atoms with van der Waals surface area (Å²) in [5.74, 6) is 1.50. The lowest BCUT2D eigenvalue weighted by molar-refractivity contribution is -0.139. The third-order valence-electron chi connectivity index (χ3n) is 3.59. The van der Waals surface area contributed by atoms with Crippen LogP contribution < -0.4 is 0 Å². The molecule has 0 rings (SSSR count). The summed E-state index contributed by atoms with van der Waals surface area (Å²) in [5.41, 5.74) is 1.31. The van der Waals surface area contributed by atoms with Crippen molar-refractivity contribution in [1.82, 2.24) is 0 Å².